The van der Waals surface area contributed by atoms with Gasteiger partial charge in [0.05, 0.1) is 6.42 Å². The lowest BCUT2D eigenvalue weighted by Crippen LogP contribution is -2.14. The van der Waals surface area contributed by atoms with Crippen LogP contribution in [0.1, 0.15) is 16.1 Å². The number of aryl methyl sites for hydroxylation is 2. The number of nitrogens with zero attached hydrogens (tertiary/aromatic N) is 2. The van der Waals surface area contributed by atoms with E-state index in [9.17, 15) is 4.79 Å². The first-order valence-corrected chi connectivity index (χ1v) is 6.09. The average molecular weight is 247 g/mol. The van der Waals surface area contributed by atoms with Crippen LogP contribution in [0.3, 0.4) is 0 Å². The Balaban J connectivity index is 1.95. The summed E-state index contributed by atoms with van der Waals surface area (Å²) in [5.74, 6) is -0.0648. The Bertz CT molecular complexity index is 519. The number of hydrogen-bond acceptors (Lipinski definition) is 4. The molecule has 0 saturated heterocycles. The van der Waals surface area contributed by atoms with E-state index in [1.165, 1.54) is 11.3 Å². The van der Waals surface area contributed by atoms with Gasteiger partial charge in [-0.25, -0.2) is 4.98 Å². The highest BCUT2D eigenvalue weighted by atomic mass is 32.1. The number of rotatable bonds is 3. The van der Waals surface area contributed by atoms with Crippen molar-refractivity contribution in [3.63, 3.8) is 0 Å². The quantitative estimate of drug-likeness (QED) is 0.905. The zero-order valence-electron chi connectivity index (χ0n) is 9.73. The molecule has 0 aliphatic rings. The lowest BCUT2D eigenvalue weighted by atomic mass is 10.2. The maximum absolute atomic E-state index is 11.7. The van der Waals surface area contributed by atoms with E-state index in [0.717, 1.165) is 16.1 Å². The van der Waals surface area contributed by atoms with Gasteiger partial charge in [-0.05, 0) is 25.5 Å². The lowest BCUT2D eigenvalue weighted by molar-refractivity contribution is -0.115. The minimum Gasteiger partial charge on any atom is -0.302 e. The van der Waals surface area contributed by atoms with Gasteiger partial charge in [0.25, 0.3) is 0 Å². The Morgan fingerprint density at radius 2 is 2.12 bits per heavy atom. The number of carbonyl (C=O) groups is 1. The van der Waals surface area contributed by atoms with Gasteiger partial charge in [-0.2, -0.15) is 0 Å². The molecule has 0 unspecified atom stereocenters. The second kappa shape index (κ2) is 5.05. The van der Waals surface area contributed by atoms with Gasteiger partial charge in [0, 0.05) is 23.0 Å². The van der Waals surface area contributed by atoms with Gasteiger partial charge < -0.3 is 5.32 Å². The predicted molar refractivity (Wildman–Crippen MR) is 68.2 cm³/mol. The first-order valence-electron chi connectivity index (χ1n) is 5.27. The molecule has 2 aromatic rings. The van der Waals surface area contributed by atoms with E-state index in [1.807, 2.05) is 26.0 Å². The van der Waals surface area contributed by atoms with Crippen LogP contribution < -0.4 is 5.32 Å². The van der Waals surface area contributed by atoms with Crippen LogP contribution in [0.5, 0.6) is 0 Å². The SMILES string of the molecule is Cc1ccc(CC(=O)Nc2ncc(C)s2)cn1. The molecule has 1 amide bonds. The maximum atomic E-state index is 11.7. The molecule has 0 spiro atoms. The van der Waals surface area contributed by atoms with Crippen LogP contribution in [-0.2, 0) is 11.2 Å². The maximum Gasteiger partial charge on any atom is 0.230 e. The fraction of sp³-hybridized carbons (Fsp3) is 0.250. The molecule has 0 aromatic carbocycles. The van der Waals surface area contributed by atoms with Crippen molar-refractivity contribution in [1.29, 1.82) is 0 Å². The monoisotopic (exact) mass is 247 g/mol. The van der Waals surface area contributed by atoms with Crippen molar-refractivity contribution in [3.05, 3.63) is 40.7 Å². The van der Waals surface area contributed by atoms with Crippen molar-refractivity contribution in [1.82, 2.24) is 9.97 Å². The molecule has 0 aliphatic heterocycles. The molecular weight excluding hydrogens is 234 g/mol. The Kier molecular flexibility index (Phi) is 3.49. The topological polar surface area (TPSA) is 54.9 Å². The second-order valence-corrected chi connectivity index (χ2v) is 5.04. The summed E-state index contributed by atoms with van der Waals surface area (Å²) in [4.78, 5) is 21.0. The van der Waals surface area contributed by atoms with Crippen LogP contribution in [-0.4, -0.2) is 15.9 Å². The molecule has 2 aromatic heterocycles. The van der Waals surface area contributed by atoms with E-state index in [1.54, 1.807) is 12.4 Å². The molecule has 88 valence electrons. The van der Waals surface area contributed by atoms with Crippen molar-refractivity contribution in [2.24, 2.45) is 0 Å². The minimum atomic E-state index is -0.0648. The van der Waals surface area contributed by atoms with E-state index < -0.39 is 0 Å². The van der Waals surface area contributed by atoms with Gasteiger partial charge in [0.15, 0.2) is 5.13 Å². The Hall–Kier alpha value is -1.75. The van der Waals surface area contributed by atoms with E-state index in [-0.39, 0.29) is 5.91 Å². The van der Waals surface area contributed by atoms with Gasteiger partial charge in [0.1, 0.15) is 0 Å². The Morgan fingerprint density at radius 3 is 2.71 bits per heavy atom. The predicted octanol–water partition coefficient (Wildman–Crippen LogP) is 2.34. The van der Waals surface area contributed by atoms with Gasteiger partial charge in [0.2, 0.25) is 5.91 Å². The Labute approximate surface area is 104 Å². The lowest BCUT2D eigenvalue weighted by Gasteiger charge is -2.01. The highest BCUT2D eigenvalue weighted by Crippen LogP contribution is 2.16. The standard InChI is InChI=1S/C12H13N3OS/c1-8-3-4-10(7-13-8)5-11(16)15-12-14-6-9(2)17-12/h3-4,6-7H,5H2,1-2H3,(H,14,15,16). The molecule has 17 heavy (non-hydrogen) atoms. The Morgan fingerprint density at radius 1 is 1.29 bits per heavy atom. The van der Waals surface area contributed by atoms with Crippen LogP contribution in [0, 0.1) is 13.8 Å². The molecule has 2 heterocycles. The number of hydrogen-bond donors (Lipinski definition) is 1. The summed E-state index contributed by atoms with van der Waals surface area (Å²) in [6, 6.07) is 3.81. The summed E-state index contributed by atoms with van der Waals surface area (Å²) in [5, 5.41) is 3.41. The largest absolute Gasteiger partial charge is 0.302 e. The molecular formula is C12H13N3OS. The normalized spacial score (nSPS) is 10.2. The zero-order valence-corrected chi connectivity index (χ0v) is 10.5. The summed E-state index contributed by atoms with van der Waals surface area (Å²) in [5.41, 5.74) is 1.85. The fourth-order valence-electron chi connectivity index (χ4n) is 1.36. The number of nitrogens with one attached hydrogen (secondary N) is 1. The number of anilines is 1. The van der Waals surface area contributed by atoms with E-state index >= 15 is 0 Å². The molecule has 4 nitrogen and oxygen atoms in total. The molecule has 5 heteroatoms. The number of carbonyl (C=O) groups excluding carboxylic acids is 1. The van der Waals surface area contributed by atoms with Gasteiger partial charge >= 0.3 is 0 Å². The van der Waals surface area contributed by atoms with Crippen molar-refractivity contribution in [3.8, 4) is 0 Å². The highest BCUT2D eigenvalue weighted by molar-refractivity contribution is 7.15. The molecule has 0 saturated carbocycles. The first-order chi connectivity index (χ1) is 8.13. The second-order valence-electron chi connectivity index (χ2n) is 3.81. The number of thiazole rings is 1. The van der Waals surface area contributed by atoms with Crippen LogP contribution in [0.2, 0.25) is 0 Å². The van der Waals surface area contributed by atoms with E-state index in [2.05, 4.69) is 15.3 Å². The first kappa shape index (κ1) is 11.7. The molecule has 2 rings (SSSR count). The summed E-state index contributed by atoms with van der Waals surface area (Å²) >= 11 is 1.47. The van der Waals surface area contributed by atoms with E-state index in [0.29, 0.717) is 11.6 Å². The van der Waals surface area contributed by atoms with Crippen molar-refractivity contribution in [2.75, 3.05) is 5.32 Å². The molecule has 0 bridgehead atoms. The van der Waals surface area contributed by atoms with Crippen molar-refractivity contribution in [2.45, 2.75) is 20.3 Å². The average Bonchev–Trinajstić information content (AvgIpc) is 2.67. The summed E-state index contributed by atoms with van der Waals surface area (Å²) in [6.45, 7) is 3.87. The highest BCUT2D eigenvalue weighted by Gasteiger charge is 2.06. The zero-order chi connectivity index (χ0) is 12.3. The van der Waals surface area contributed by atoms with Crippen molar-refractivity contribution < 1.29 is 4.79 Å². The van der Waals surface area contributed by atoms with Gasteiger partial charge in [-0.15, -0.1) is 11.3 Å². The summed E-state index contributed by atoms with van der Waals surface area (Å²) in [7, 11) is 0. The van der Waals surface area contributed by atoms with Crippen LogP contribution in [0.15, 0.2) is 24.5 Å². The summed E-state index contributed by atoms with van der Waals surface area (Å²) in [6.07, 6.45) is 3.79. The van der Waals surface area contributed by atoms with Crippen LogP contribution in [0.25, 0.3) is 0 Å². The molecule has 0 fully saturated rings. The fourth-order valence-corrected chi connectivity index (χ4v) is 2.05. The molecule has 1 N–H and O–H groups in total. The third-order valence-electron chi connectivity index (χ3n) is 2.20. The number of amides is 1. The molecule has 0 atom stereocenters. The van der Waals surface area contributed by atoms with Crippen molar-refractivity contribution >= 4 is 22.4 Å². The van der Waals surface area contributed by atoms with Crippen LogP contribution in [0.4, 0.5) is 5.13 Å². The van der Waals surface area contributed by atoms with E-state index in [4.69, 9.17) is 0 Å². The van der Waals surface area contributed by atoms with Gasteiger partial charge in [-0.3, -0.25) is 9.78 Å². The van der Waals surface area contributed by atoms with Gasteiger partial charge in [-0.1, -0.05) is 6.07 Å². The third kappa shape index (κ3) is 3.35. The molecule has 0 aliphatic carbocycles. The summed E-state index contributed by atoms with van der Waals surface area (Å²) < 4.78 is 0. The van der Waals surface area contributed by atoms with Crippen LogP contribution >= 0.6 is 11.3 Å². The smallest absolute Gasteiger partial charge is 0.230 e. The third-order valence-corrected chi connectivity index (χ3v) is 3.03. The number of pyridine rings is 1. The number of aromatic nitrogens is 2. The minimum absolute atomic E-state index is 0.0648. The molecule has 0 radical (unpaired) electrons.